The Morgan fingerprint density at radius 2 is 2.38 bits per heavy atom. The fourth-order valence-corrected chi connectivity index (χ4v) is 1.47. The molecule has 0 unspecified atom stereocenters. The first-order valence-electron chi connectivity index (χ1n) is 4.63. The van der Waals surface area contributed by atoms with Gasteiger partial charge in [0.05, 0.1) is 19.3 Å². The minimum atomic E-state index is 0.0487. The lowest BCUT2D eigenvalue weighted by molar-refractivity contribution is 0.269. The van der Waals surface area contributed by atoms with Gasteiger partial charge in [0.1, 0.15) is 0 Å². The van der Waals surface area contributed by atoms with Crippen molar-refractivity contribution in [2.45, 2.75) is 31.3 Å². The van der Waals surface area contributed by atoms with Gasteiger partial charge in [-0.25, -0.2) is 0 Å². The number of nitrogens with two attached hydrogens (primary N) is 1. The molecule has 4 nitrogen and oxygen atoms in total. The number of nitrogens with zero attached hydrogens (tertiary/aromatic N) is 2. The van der Waals surface area contributed by atoms with Crippen LogP contribution in [0.5, 0.6) is 0 Å². The summed E-state index contributed by atoms with van der Waals surface area (Å²) in [5.74, 6) is 0. The van der Waals surface area contributed by atoms with Gasteiger partial charge in [-0.05, 0) is 24.8 Å². The largest absolute Gasteiger partial charge is 0.394 e. The van der Waals surface area contributed by atoms with E-state index in [0.717, 1.165) is 19.3 Å². The lowest BCUT2D eigenvalue weighted by Gasteiger charge is -2.04. The molecule has 0 aliphatic heterocycles. The van der Waals surface area contributed by atoms with E-state index in [-0.39, 0.29) is 12.1 Å². The van der Waals surface area contributed by atoms with Crippen LogP contribution in [0.25, 0.3) is 0 Å². The van der Waals surface area contributed by atoms with Crippen molar-refractivity contribution >= 4 is 0 Å². The van der Waals surface area contributed by atoms with E-state index in [0.29, 0.717) is 6.54 Å². The molecule has 0 atom stereocenters. The Balaban J connectivity index is 1.97. The van der Waals surface area contributed by atoms with Gasteiger partial charge in [-0.1, -0.05) is 0 Å². The molecule has 1 fully saturated rings. The van der Waals surface area contributed by atoms with E-state index in [1.54, 1.807) is 4.68 Å². The molecule has 4 heteroatoms. The van der Waals surface area contributed by atoms with Crippen molar-refractivity contribution in [3.05, 3.63) is 18.0 Å². The summed E-state index contributed by atoms with van der Waals surface area (Å²) in [6, 6.07) is 0. The van der Waals surface area contributed by atoms with Crippen LogP contribution in [0.15, 0.2) is 12.4 Å². The molecule has 1 saturated carbocycles. The molecule has 13 heavy (non-hydrogen) atoms. The van der Waals surface area contributed by atoms with Crippen molar-refractivity contribution in [1.29, 1.82) is 0 Å². The molecule has 3 N–H and O–H groups in total. The van der Waals surface area contributed by atoms with Crippen LogP contribution in [0.1, 0.15) is 18.4 Å². The molecule has 1 aliphatic carbocycles. The first-order valence-corrected chi connectivity index (χ1v) is 4.63. The van der Waals surface area contributed by atoms with Gasteiger partial charge in [-0.3, -0.25) is 4.68 Å². The van der Waals surface area contributed by atoms with Crippen LogP contribution in [0, 0.1) is 0 Å². The number of aromatic nitrogens is 2. The summed E-state index contributed by atoms with van der Waals surface area (Å²) in [6.07, 6.45) is 6.96. The Bertz CT molecular complexity index is 291. The molecule has 1 heterocycles. The fourth-order valence-electron chi connectivity index (χ4n) is 1.47. The van der Waals surface area contributed by atoms with Gasteiger partial charge in [-0.15, -0.1) is 0 Å². The second-order valence-electron chi connectivity index (χ2n) is 3.87. The third-order valence-corrected chi connectivity index (χ3v) is 2.46. The SMILES string of the molecule is NC1(Cc2cnn(CCO)c2)CC1. The maximum absolute atomic E-state index is 8.69. The van der Waals surface area contributed by atoms with Crippen LogP contribution in [0.4, 0.5) is 0 Å². The van der Waals surface area contributed by atoms with Crippen LogP contribution >= 0.6 is 0 Å². The standard InChI is InChI=1S/C9H15N3O/c10-9(1-2-9)5-8-6-11-12(7-8)3-4-13/h6-7,13H,1-5,10H2. The average Bonchev–Trinajstić information content (AvgIpc) is 2.61. The summed E-state index contributed by atoms with van der Waals surface area (Å²) in [4.78, 5) is 0. The maximum Gasteiger partial charge on any atom is 0.0640 e. The van der Waals surface area contributed by atoms with Crippen LogP contribution in [-0.2, 0) is 13.0 Å². The molecule has 1 aliphatic rings. The number of hydrogen-bond acceptors (Lipinski definition) is 3. The molecular formula is C9H15N3O. The highest BCUT2D eigenvalue weighted by molar-refractivity contribution is 5.14. The number of aliphatic hydroxyl groups is 1. The predicted octanol–water partition coefficient (Wildman–Crippen LogP) is -0.0908. The van der Waals surface area contributed by atoms with E-state index in [2.05, 4.69) is 5.10 Å². The van der Waals surface area contributed by atoms with E-state index in [4.69, 9.17) is 10.8 Å². The van der Waals surface area contributed by atoms with Crippen molar-refractivity contribution < 1.29 is 5.11 Å². The van der Waals surface area contributed by atoms with Gasteiger partial charge in [0.15, 0.2) is 0 Å². The highest BCUT2D eigenvalue weighted by Crippen LogP contribution is 2.35. The van der Waals surface area contributed by atoms with Crippen molar-refractivity contribution in [3.8, 4) is 0 Å². The second kappa shape index (κ2) is 3.12. The monoisotopic (exact) mass is 181 g/mol. The minimum Gasteiger partial charge on any atom is -0.394 e. The van der Waals surface area contributed by atoms with Crippen LogP contribution in [0.3, 0.4) is 0 Å². The quantitative estimate of drug-likeness (QED) is 0.682. The molecule has 1 aromatic heterocycles. The molecule has 0 saturated heterocycles. The van der Waals surface area contributed by atoms with E-state index >= 15 is 0 Å². The van der Waals surface area contributed by atoms with E-state index in [1.807, 2.05) is 12.4 Å². The van der Waals surface area contributed by atoms with Crippen molar-refractivity contribution in [1.82, 2.24) is 9.78 Å². The van der Waals surface area contributed by atoms with Gasteiger partial charge in [0, 0.05) is 11.7 Å². The van der Waals surface area contributed by atoms with Gasteiger partial charge in [0.2, 0.25) is 0 Å². The second-order valence-corrected chi connectivity index (χ2v) is 3.87. The van der Waals surface area contributed by atoms with Gasteiger partial charge >= 0.3 is 0 Å². The minimum absolute atomic E-state index is 0.0487. The zero-order valence-corrected chi connectivity index (χ0v) is 7.61. The summed E-state index contributed by atoms with van der Waals surface area (Å²) >= 11 is 0. The Morgan fingerprint density at radius 1 is 1.62 bits per heavy atom. The molecule has 0 radical (unpaired) electrons. The molecule has 1 aromatic rings. The van der Waals surface area contributed by atoms with Crippen LogP contribution < -0.4 is 5.73 Å². The van der Waals surface area contributed by atoms with Gasteiger partial charge in [0.25, 0.3) is 0 Å². The Hall–Kier alpha value is -0.870. The molecule has 0 amide bonds. The molecule has 0 bridgehead atoms. The third-order valence-electron chi connectivity index (χ3n) is 2.46. The highest BCUT2D eigenvalue weighted by Gasteiger charge is 2.38. The Labute approximate surface area is 77.4 Å². The summed E-state index contributed by atoms with van der Waals surface area (Å²) in [6.45, 7) is 0.701. The summed E-state index contributed by atoms with van der Waals surface area (Å²) in [5, 5.41) is 12.8. The fraction of sp³-hybridized carbons (Fsp3) is 0.667. The number of hydrogen-bond donors (Lipinski definition) is 2. The average molecular weight is 181 g/mol. The first kappa shape index (κ1) is 8.72. The number of aliphatic hydroxyl groups excluding tert-OH is 1. The maximum atomic E-state index is 8.69. The summed E-state index contributed by atoms with van der Waals surface area (Å²) < 4.78 is 1.75. The highest BCUT2D eigenvalue weighted by atomic mass is 16.3. The van der Waals surface area contributed by atoms with Crippen molar-refractivity contribution in [2.24, 2.45) is 5.73 Å². The molecule has 0 spiro atoms. The normalized spacial score (nSPS) is 18.9. The third kappa shape index (κ3) is 2.08. The lowest BCUT2D eigenvalue weighted by Crippen LogP contribution is -2.24. The lowest BCUT2D eigenvalue weighted by atomic mass is 10.1. The first-order chi connectivity index (χ1) is 6.22. The zero-order chi connectivity index (χ0) is 9.31. The molecule has 0 aromatic carbocycles. The van der Waals surface area contributed by atoms with Crippen LogP contribution in [-0.4, -0.2) is 27.0 Å². The predicted molar refractivity (Wildman–Crippen MR) is 49.2 cm³/mol. The van der Waals surface area contributed by atoms with E-state index in [1.165, 1.54) is 5.56 Å². The molecule has 2 rings (SSSR count). The van der Waals surface area contributed by atoms with Crippen molar-refractivity contribution in [2.75, 3.05) is 6.61 Å². The van der Waals surface area contributed by atoms with Crippen LogP contribution in [0.2, 0.25) is 0 Å². The molecular weight excluding hydrogens is 166 g/mol. The topological polar surface area (TPSA) is 64.1 Å². The van der Waals surface area contributed by atoms with Gasteiger partial charge in [-0.2, -0.15) is 5.10 Å². The molecule has 72 valence electrons. The Kier molecular flexibility index (Phi) is 2.09. The van der Waals surface area contributed by atoms with E-state index in [9.17, 15) is 0 Å². The summed E-state index contributed by atoms with van der Waals surface area (Å²) in [7, 11) is 0. The summed E-state index contributed by atoms with van der Waals surface area (Å²) in [5.41, 5.74) is 7.20. The number of rotatable bonds is 4. The Morgan fingerprint density at radius 3 is 3.00 bits per heavy atom. The smallest absolute Gasteiger partial charge is 0.0640 e. The zero-order valence-electron chi connectivity index (χ0n) is 7.61. The van der Waals surface area contributed by atoms with Crippen molar-refractivity contribution in [3.63, 3.8) is 0 Å². The van der Waals surface area contributed by atoms with E-state index < -0.39 is 0 Å². The van der Waals surface area contributed by atoms with Gasteiger partial charge < -0.3 is 10.8 Å².